The molecule has 1 aliphatic carbocycles. The lowest BCUT2D eigenvalue weighted by Gasteiger charge is -2.08. The summed E-state index contributed by atoms with van der Waals surface area (Å²) in [5.41, 5.74) is 3.27. The summed E-state index contributed by atoms with van der Waals surface area (Å²) in [5.74, 6) is 1.43. The second-order valence-electron chi connectivity index (χ2n) is 5.48. The number of nitrogens with one attached hydrogen (secondary N) is 1. The molecule has 0 aliphatic heterocycles. The summed E-state index contributed by atoms with van der Waals surface area (Å²) in [5, 5.41) is 10.2. The summed E-state index contributed by atoms with van der Waals surface area (Å²) in [4.78, 5) is 5.56. The number of nitriles is 1. The predicted octanol–water partition coefficient (Wildman–Crippen LogP) is 2.70. The van der Waals surface area contributed by atoms with Gasteiger partial charge in [-0.05, 0) is 56.1 Å². The molecule has 0 radical (unpaired) electrons. The largest absolute Gasteiger partial charge is 0.361 e. The third-order valence-corrected chi connectivity index (χ3v) is 3.76. The van der Waals surface area contributed by atoms with Crippen LogP contribution in [-0.4, -0.2) is 30.5 Å². The lowest BCUT2D eigenvalue weighted by molar-refractivity contribution is 0.385. The molecule has 0 spiro atoms. The van der Waals surface area contributed by atoms with E-state index in [-0.39, 0.29) is 0 Å². The molecule has 0 saturated heterocycles. The molecule has 1 aromatic carbocycles. The van der Waals surface area contributed by atoms with Gasteiger partial charge in [0, 0.05) is 23.6 Å². The fraction of sp³-hybridized carbons (Fsp3) is 0.400. The molecule has 1 unspecified atom stereocenters. The Bertz CT molecular complexity index is 618. The van der Waals surface area contributed by atoms with Gasteiger partial charge in [-0.3, -0.25) is 0 Å². The Hall–Kier alpha value is -1.79. The number of nitrogens with zero attached hydrogens (tertiary/aromatic N) is 2. The molecule has 3 nitrogen and oxygen atoms in total. The van der Waals surface area contributed by atoms with Crippen LogP contribution in [0.2, 0.25) is 0 Å². The maximum atomic E-state index is 8.98. The molecule has 3 rings (SSSR count). The van der Waals surface area contributed by atoms with Gasteiger partial charge in [-0.2, -0.15) is 5.26 Å². The normalized spacial score (nSPS) is 22.3. The summed E-state index contributed by atoms with van der Waals surface area (Å²) in [6.07, 6.45) is 3.38. The fourth-order valence-corrected chi connectivity index (χ4v) is 2.82. The molecule has 2 atom stereocenters. The summed E-state index contributed by atoms with van der Waals surface area (Å²) >= 11 is 0. The maximum absolute atomic E-state index is 8.98. The van der Waals surface area contributed by atoms with Gasteiger partial charge in [-0.1, -0.05) is 0 Å². The highest BCUT2D eigenvalue weighted by molar-refractivity contribution is 5.85. The molecule has 1 aromatic heterocycles. The van der Waals surface area contributed by atoms with E-state index in [9.17, 15) is 0 Å². The minimum Gasteiger partial charge on any atom is -0.361 e. The van der Waals surface area contributed by atoms with Crippen molar-refractivity contribution in [2.75, 3.05) is 20.6 Å². The van der Waals surface area contributed by atoms with E-state index in [1.54, 1.807) is 0 Å². The standard InChI is InChI=1S/C15H17N3/c1-18(2)9-11-6-12(11)14-8-17-15-4-3-10(7-16)5-13(14)15/h3-5,8,11-12,17H,6,9H2,1-2H3/t11-,12?/m1/s1. The second-order valence-corrected chi connectivity index (χ2v) is 5.48. The van der Waals surface area contributed by atoms with E-state index in [4.69, 9.17) is 5.26 Å². The topological polar surface area (TPSA) is 42.8 Å². The smallest absolute Gasteiger partial charge is 0.0991 e. The highest BCUT2D eigenvalue weighted by Crippen LogP contribution is 2.49. The Kier molecular flexibility index (Phi) is 2.61. The number of aromatic nitrogens is 1. The molecule has 1 N–H and O–H groups in total. The van der Waals surface area contributed by atoms with Gasteiger partial charge in [-0.25, -0.2) is 0 Å². The van der Waals surface area contributed by atoms with Crippen LogP contribution in [0.5, 0.6) is 0 Å². The number of benzene rings is 1. The van der Waals surface area contributed by atoms with Crippen molar-refractivity contribution in [2.45, 2.75) is 12.3 Å². The molecule has 18 heavy (non-hydrogen) atoms. The van der Waals surface area contributed by atoms with Gasteiger partial charge in [0.05, 0.1) is 11.6 Å². The number of H-pyrrole nitrogens is 1. The third-order valence-electron chi connectivity index (χ3n) is 3.76. The van der Waals surface area contributed by atoms with E-state index in [1.807, 2.05) is 18.2 Å². The van der Waals surface area contributed by atoms with E-state index < -0.39 is 0 Å². The van der Waals surface area contributed by atoms with E-state index in [0.717, 1.165) is 23.5 Å². The van der Waals surface area contributed by atoms with Crippen molar-refractivity contribution >= 4 is 10.9 Å². The SMILES string of the molecule is CN(C)C[C@H]1CC1c1c[nH]c2ccc(C#N)cc12. The van der Waals surface area contributed by atoms with Crippen molar-refractivity contribution in [3.05, 3.63) is 35.5 Å². The first-order chi connectivity index (χ1) is 8.69. The lowest BCUT2D eigenvalue weighted by atomic mass is 10.1. The zero-order valence-corrected chi connectivity index (χ0v) is 10.8. The molecule has 1 aliphatic rings. The van der Waals surface area contributed by atoms with Crippen molar-refractivity contribution in [3.63, 3.8) is 0 Å². The van der Waals surface area contributed by atoms with Gasteiger partial charge in [-0.15, -0.1) is 0 Å². The van der Waals surface area contributed by atoms with Crippen LogP contribution in [0.4, 0.5) is 0 Å². The van der Waals surface area contributed by atoms with Crippen LogP contribution in [0.3, 0.4) is 0 Å². The van der Waals surface area contributed by atoms with Gasteiger partial charge in [0.25, 0.3) is 0 Å². The van der Waals surface area contributed by atoms with Crippen molar-refractivity contribution in [2.24, 2.45) is 5.92 Å². The first kappa shape index (κ1) is 11.3. The van der Waals surface area contributed by atoms with Crippen LogP contribution in [0.1, 0.15) is 23.5 Å². The number of fused-ring (bicyclic) bond motifs is 1. The molecule has 92 valence electrons. The zero-order valence-electron chi connectivity index (χ0n) is 10.8. The van der Waals surface area contributed by atoms with Crippen LogP contribution in [-0.2, 0) is 0 Å². The van der Waals surface area contributed by atoms with Gasteiger partial charge in [0.1, 0.15) is 0 Å². The number of hydrogen-bond acceptors (Lipinski definition) is 2. The quantitative estimate of drug-likeness (QED) is 0.894. The highest BCUT2D eigenvalue weighted by Gasteiger charge is 2.39. The van der Waals surface area contributed by atoms with Crippen molar-refractivity contribution in [3.8, 4) is 6.07 Å². The Morgan fingerprint density at radius 1 is 1.44 bits per heavy atom. The fourth-order valence-electron chi connectivity index (χ4n) is 2.82. The Morgan fingerprint density at radius 3 is 3.00 bits per heavy atom. The molecule has 0 bridgehead atoms. The van der Waals surface area contributed by atoms with Crippen molar-refractivity contribution < 1.29 is 0 Å². The lowest BCUT2D eigenvalue weighted by Crippen LogP contribution is -2.15. The van der Waals surface area contributed by atoms with Crippen molar-refractivity contribution in [1.29, 1.82) is 5.26 Å². The summed E-state index contributed by atoms with van der Waals surface area (Å²) in [6, 6.07) is 8.09. The average molecular weight is 239 g/mol. The Labute approximate surface area is 107 Å². The van der Waals surface area contributed by atoms with Crippen LogP contribution in [0.15, 0.2) is 24.4 Å². The summed E-state index contributed by atoms with van der Waals surface area (Å²) in [6.45, 7) is 1.15. The molecular formula is C15H17N3. The maximum Gasteiger partial charge on any atom is 0.0991 e. The Morgan fingerprint density at radius 2 is 2.28 bits per heavy atom. The molecular weight excluding hydrogens is 222 g/mol. The first-order valence-corrected chi connectivity index (χ1v) is 6.35. The zero-order chi connectivity index (χ0) is 12.7. The van der Waals surface area contributed by atoms with E-state index in [1.165, 1.54) is 17.4 Å². The molecule has 3 heteroatoms. The number of hydrogen-bond donors (Lipinski definition) is 1. The molecule has 1 fully saturated rings. The van der Waals surface area contributed by atoms with E-state index in [0.29, 0.717) is 5.92 Å². The average Bonchev–Trinajstić information content (AvgIpc) is 2.97. The number of rotatable bonds is 3. The van der Waals surface area contributed by atoms with Gasteiger partial charge < -0.3 is 9.88 Å². The Balaban J connectivity index is 1.92. The predicted molar refractivity (Wildman–Crippen MR) is 72.4 cm³/mol. The van der Waals surface area contributed by atoms with E-state index >= 15 is 0 Å². The van der Waals surface area contributed by atoms with Crippen LogP contribution < -0.4 is 0 Å². The third kappa shape index (κ3) is 1.89. The first-order valence-electron chi connectivity index (χ1n) is 6.35. The molecule has 1 heterocycles. The second kappa shape index (κ2) is 4.15. The summed E-state index contributed by atoms with van der Waals surface area (Å²) in [7, 11) is 4.25. The van der Waals surface area contributed by atoms with Crippen molar-refractivity contribution in [1.82, 2.24) is 9.88 Å². The van der Waals surface area contributed by atoms with Gasteiger partial charge >= 0.3 is 0 Å². The van der Waals surface area contributed by atoms with Crippen LogP contribution >= 0.6 is 0 Å². The monoisotopic (exact) mass is 239 g/mol. The highest BCUT2D eigenvalue weighted by atomic mass is 15.1. The molecule has 1 saturated carbocycles. The van der Waals surface area contributed by atoms with Gasteiger partial charge in [0.15, 0.2) is 0 Å². The minimum atomic E-state index is 0.662. The molecule has 2 aromatic rings. The van der Waals surface area contributed by atoms with Crippen LogP contribution in [0, 0.1) is 17.2 Å². The van der Waals surface area contributed by atoms with Gasteiger partial charge in [0.2, 0.25) is 0 Å². The number of aromatic amines is 1. The minimum absolute atomic E-state index is 0.662. The van der Waals surface area contributed by atoms with Crippen LogP contribution in [0.25, 0.3) is 10.9 Å². The molecule has 0 amide bonds. The van der Waals surface area contributed by atoms with E-state index in [2.05, 4.69) is 36.2 Å². The summed E-state index contributed by atoms with van der Waals surface area (Å²) < 4.78 is 0.